The van der Waals surface area contributed by atoms with E-state index in [2.05, 4.69) is 15.9 Å². The summed E-state index contributed by atoms with van der Waals surface area (Å²) < 4.78 is 16.4. The Morgan fingerprint density at radius 2 is 1.65 bits per heavy atom. The highest BCUT2D eigenvalue weighted by Crippen LogP contribution is 2.16. The Bertz CT molecular complexity index is 389. The number of rotatable bonds is 9. The van der Waals surface area contributed by atoms with Crippen molar-refractivity contribution in [3.8, 4) is 5.75 Å². The van der Waals surface area contributed by atoms with E-state index in [1.54, 1.807) is 19.1 Å². The topological polar surface area (TPSA) is 48.0 Å². The van der Waals surface area contributed by atoms with Crippen LogP contribution in [0.5, 0.6) is 5.75 Å². The second-order valence-electron chi connectivity index (χ2n) is 4.11. The van der Waals surface area contributed by atoms with Crippen LogP contribution in [0.15, 0.2) is 28.7 Å². The zero-order chi connectivity index (χ0) is 14.8. The van der Waals surface area contributed by atoms with Crippen LogP contribution in [0.25, 0.3) is 0 Å². The molecule has 0 fully saturated rings. The summed E-state index contributed by atoms with van der Waals surface area (Å²) in [5.41, 5.74) is 0. The Morgan fingerprint density at radius 1 is 1.10 bits per heavy atom. The molecule has 1 aromatic rings. The van der Waals surface area contributed by atoms with Crippen molar-refractivity contribution in [1.82, 2.24) is 4.90 Å². The van der Waals surface area contributed by atoms with E-state index in [9.17, 15) is 4.79 Å². The predicted octanol–water partition coefficient (Wildman–Crippen LogP) is 1.95. The van der Waals surface area contributed by atoms with Gasteiger partial charge >= 0.3 is 0 Å². The highest BCUT2D eigenvalue weighted by Gasteiger charge is 2.13. The average molecular weight is 346 g/mol. The third-order valence-electron chi connectivity index (χ3n) is 2.66. The zero-order valence-electron chi connectivity index (χ0n) is 11.8. The fourth-order valence-corrected chi connectivity index (χ4v) is 1.80. The summed E-state index contributed by atoms with van der Waals surface area (Å²) >= 11 is 3.35. The number of benzene rings is 1. The smallest absolute Gasteiger partial charge is 0.260 e. The van der Waals surface area contributed by atoms with E-state index in [1.807, 2.05) is 24.3 Å². The molecule has 0 unspecified atom stereocenters. The first kappa shape index (κ1) is 16.9. The molecule has 0 aliphatic rings. The van der Waals surface area contributed by atoms with Gasteiger partial charge in [0.2, 0.25) is 0 Å². The molecule has 0 saturated heterocycles. The molecule has 112 valence electrons. The van der Waals surface area contributed by atoms with E-state index in [0.717, 1.165) is 4.47 Å². The summed E-state index contributed by atoms with van der Waals surface area (Å²) in [6, 6.07) is 7.36. The van der Waals surface area contributed by atoms with Crippen molar-refractivity contribution in [2.24, 2.45) is 0 Å². The van der Waals surface area contributed by atoms with E-state index < -0.39 is 0 Å². The Balaban J connectivity index is 2.45. The molecule has 0 heterocycles. The molecule has 0 bridgehead atoms. The Hall–Kier alpha value is -1.11. The first-order valence-corrected chi connectivity index (χ1v) is 7.10. The summed E-state index contributed by atoms with van der Waals surface area (Å²) in [5, 5.41) is 0. The van der Waals surface area contributed by atoms with E-state index in [0.29, 0.717) is 32.1 Å². The maximum Gasteiger partial charge on any atom is 0.260 e. The normalized spacial score (nSPS) is 10.3. The Kier molecular flexibility index (Phi) is 8.25. The number of amides is 1. The molecule has 1 rings (SSSR count). The first-order chi connectivity index (χ1) is 9.67. The van der Waals surface area contributed by atoms with Crippen LogP contribution in [-0.4, -0.2) is 57.9 Å². The number of methoxy groups -OCH3 is 2. The van der Waals surface area contributed by atoms with Gasteiger partial charge in [0.05, 0.1) is 13.2 Å². The second-order valence-corrected chi connectivity index (χ2v) is 5.02. The summed E-state index contributed by atoms with van der Waals surface area (Å²) in [4.78, 5) is 13.7. The summed E-state index contributed by atoms with van der Waals surface area (Å²) in [6.45, 7) is 2.06. The third-order valence-corrected chi connectivity index (χ3v) is 3.19. The van der Waals surface area contributed by atoms with E-state index in [-0.39, 0.29) is 12.5 Å². The maximum atomic E-state index is 12.1. The lowest BCUT2D eigenvalue weighted by atomic mass is 10.3. The average Bonchev–Trinajstić information content (AvgIpc) is 2.46. The zero-order valence-corrected chi connectivity index (χ0v) is 13.4. The lowest BCUT2D eigenvalue weighted by Gasteiger charge is -2.22. The fraction of sp³-hybridized carbons (Fsp3) is 0.500. The van der Waals surface area contributed by atoms with E-state index >= 15 is 0 Å². The van der Waals surface area contributed by atoms with Crippen molar-refractivity contribution in [2.75, 3.05) is 47.1 Å². The molecule has 0 aliphatic carbocycles. The number of carbonyl (C=O) groups excluding carboxylic acids is 1. The highest BCUT2D eigenvalue weighted by molar-refractivity contribution is 9.10. The minimum absolute atomic E-state index is 0.00899. The summed E-state index contributed by atoms with van der Waals surface area (Å²) in [5.74, 6) is 0.585. The van der Waals surface area contributed by atoms with Gasteiger partial charge in [-0.25, -0.2) is 0 Å². The third kappa shape index (κ3) is 6.36. The van der Waals surface area contributed by atoms with Crippen molar-refractivity contribution < 1.29 is 19.0 Å². The molecule has 6 heteroatoms. The van der Waals surface area contributed by atoms with Crippen LogP contribution >= 0.6 is 15.9 Å². The number of ether oxygens (including phenoxy) is 3. The molecule has 0 N–H and O–H groups in total. The number of hydrogen-bond donors (Lipinski definition) is 0. The quantitative estimate of drug-likeness (QED) is 0.686. The van der Waals surface area contributed by atoms with Crippen molar-refractivity contribution in [1.29, 1.82) is 0 Å². The maximum absolute atomic E-state index is 12.1. The molecule has 0 aromatic heterocycles. The van der Waals surface area contributed by atoms with Crippen LogP contribution < -0.4 is 4.74 Å². The molecule has 20 heavy (non-hydrogen) atoms. The number of halogens is 1. The predicted molar refractivity (Wildman–Crippen MR) is 80.0 cm³/mol. The van der Waals surface area contributed by atoms with Crippen LogP contribution in [0, 0.1) is 0 Å². The highest BCUT2D eigenvalue weighted by atomic mass is 79.9. The van der Waals surface area contributed by atoms with Gasteiger partial charge in [-0.3, -0.25) is 4.79 Å². The molecular weight excluding hydrogens is 326 g/mol. The summed E-state index contributed by atoms with van der Waals surface area (Å²) in [7, 11) is 3.22. The standard InChI is InChI=1S/C14H20BrNO4/c1-18-9-7-16(8-10-19-2)14(17)11-20-13-5-3-12(15)4-6-13/h3-6H,7-11H2,1-2H3. The van der Waals surface area contributed by atoms with Gasteiger partial charge in [-0.1, -0.05) is 15.9 Å². The van der Waals surface area contributed by atoms with Crippen LogP contribution in [0.3, 0.4) is 0 Å². The number of hydrogen-bond acceptors (Lipinski definition) is 4. The van der Waals surface area contributed by atoms with Crippen molar-refractivity contribution in [2.45, 2.75) is 0 Å². The van der Waals surface area contributed by atoms with Gasteiger partial charge in [-0.2, -0.15) is 0 Å². The second kappa shape index (κ2) is 9.74. The van der Waals surface area contributed by atoms with Gasteiger partial charge in [0.1, 0.15) is 5.75 Å². The molecule has 0 atom stereocenters. The van der Waals surface area contributed by atoms with Crippen LogP contribution in [0.1, 0.15) is 0 Å². The van der Waals surface area contributed by atoms with Gasteiger partial charge < -0.3 is 19.1 Å². The van der Waals surface area contributed by atoms with E-state index in [1.165, 1.54) is 0 Å². The largest absolute Gasteiger partial charge is 0.484 e. The van der Waals surface area contributed by atoms with Crippen LogP contribution in [0.2, 0.25) is 0 Å². The lowest BCUT2D eigenvalue weighted by molar-refractivity contribution is -0.134. The van der Waals surface area contributed by atoms with Gasteiger partial charge in [0.15, 0.2) is 6.61 Å². The molecule has 1 aromatic carbocycles. The molecule has 0 radical (unpaired) electrons. The molecule has 1 amide bonds. The molecule has 5 nitrogen and oxygen atoms in total. The molecule has 0 aliphatic heterocycles. The lowest BCUT2D eigenvalue weighted by Crippen LogP contribution is -2.39. The van der Waals surface area contributed by atoms with Gasteiger partial charge in [0, 0.05) is 31.8 Å². The monoisotopic (exact) mass is 345 g/mol. The van der Waals surface area contributed by atoms with Crippen molar-refractivity contribution in [3.63, 3.8) is 0 Å². The minimum Gasteiger partial charge on any atom is -0.484 e. The van der Waals surface area contributed by atoms with Crippen LogP contribution in [-0.2, 0) is 14.3 Å². The molecule has 0 saturated carbocycles. The van der Waals surface area contributed by atoms with Crippen molar-refractivity contribution in [3.05, 3.63) is 28.7 Å². The van der Waals surface area contributed by atoms with Gasteiger partial charge in [0.25, 0.3) is 5.91 Å². The SMILES string of the molecule is COCCN(CCOC)C(=O)COc1ccc(Br)cc1. The Morgan fingerprint density at radius 3 is 2.15 bits per heavy atom. The van der Waals surface area contributed by atoms with Crippen LogP contribution in [0.4, 0.5) is 0 Å². The first-order valence-electron chi connectivity index (χ1n) is 6.31. The number of carbonyl (C=O) groups is 1. The fourth-order valence-electron chi connectivity index (χ4n) is 1.53. The number of nitrogens with zero attached hydrogens (tertiary/aromatic N) is 1. The minimum atomic E-state index is -0.0815. The van der Waals surface area contributed by atoms with E-state index in [4.69, 9.17) is 14.2 Å². The molecular formula is C14H20BrNO4. The van der Waals surface area contributed by atoms with Gasteiger partial charge in [-0.05, 0) is 24.3 Å². The molecule has 0 spiro atoms. The van der Waals surface area contributed by atoms with Gasteiger partial charge in [-0.15, -0.1) is 0 Å². The summed E-state index contributed by atoms with van der Waals surface area (Å²) in [6.07, 6.45) is 0. The Labute approximate surface area is 127 Å². The van der Waals surface area contributed by atoms with Crippen molar-refractivity contribution >= 4 is 21.8 Å².